The van der Waals surface area contributed by atoms with Crippen LogP contribution in [0.25, 0.3) is 6.08 Å². The van der Waals surface area contributed by atoms with Gasteiger partial charge in [-0.15, -0.1) is 0 Å². The zero-order valence-corrected chi connectivity index (χ0v) is 19.6. The lowest BCUT2D eigenvalue weighted by molar-refractivity contribution is -0.136. The molecule has 8 nitrogen and oxygen atoms in total. The van der Waals surface area contributed by atoms with Gasteiger partial charge in [0.15, 0.2) is 23.0 Å². The minimum atomic E-state index is -0.604. The fraction of sp³-hybridized carbons (Fsp3) is 0.280. The molecule has 0 saturated heterocycles. The van der Waals surface area contributed by atoms with E-state index in [1.807, 2.05) is 6.92 Å². The van der Waals surface area contributed by atoms with Crippen LogP contribution in [-0.2, 0) is 14.3 Å². The summed E-state index contributed by atoms with van der Waals surface area (Å²) in [6.45, 7) is 4.07. The van der Waals surface area contributed by atoms with Gasteiger partial charge in [0.2, 0.25) is 0 Å². The van der Waals surface area contributed by atoms with Crippen molar-refractivity contribution in [1.29, 1.82) is 0 Å². The summed E-state index contributed by atoms with van der Waals surface area (Å²) in [5, 5.41) is 0. The van der Waals surface area contributed by atoms with Gasteiger partial charge in [-0.05, 0) is 49.8 Å². The molecule has 2 aromatic carbocycles. The van der Waals surface area contributed by atoms with E-state index in [-0.39, 0.29) is 17.1 Å². The Morgan fingerprint density at radius 1 is 0.909 bits per heavy atom. The lowest BCUT2D eigenvalue weighted by Crippen LogP contribution is -2.24. The SMILES string of the molecule is CCOc1ccc(C=C2C(=O)N(c3ccc(OC)c(OC)c3)C(C)=C2C(=O)OC)cc1OC. The second kappa shape index (κ2) is 10.1. The molecule has 174 valence electrons. The smallest absolute Gasteiger partial charge is 0.340 e. The minimum Gasteiger partial charge on any atom is -0.493 e. The van der Waals surface area contributed by atoms with E-state index in [0.29, 0.717) is 46.6 Å². The second-order valence-electron chi connectivity index (χ2n) is 7.03. The highest BCUT2D eigenvalue weighted by Crippen LogP contribution is 2.39. The predicted octanol–water partition coefficient (Wildman–Crippen LogP) is 3.99. The Morgan fingerprint density at radius 3 is 2.15 bits per heavy atom. The average Bonchev–Trinajstić information content (AvgIpc) is 3.08. The normalized spacial score (nSPS) is 14.5. The maximum atomic E-state index is 13.5. The molecule has 0 radical (unpaired) electrons. The molecule has 3 rings (SSSR count). The Hall–Kier alpha value is -3.94. The molecule has 0 N–H and O–H groups in total. The molecule has 8 heteroatoms. The van der Waals surface area contributed by atoms with Crippen molar-refractivity contribution >= 4 is 23.6 Å². The van der Waals surface area contributed by atoms with Gasteiger partial charge >= 0.3 is 5.97 Å². The quantitative estimate of drug-likeness (QED) is 0.441. The number of carbonyl (C=O) groups is 2. The van der Waals surface area contributed by atoms with Crippen molar-refractivity contribution in [1.82, 2.24) is 0 Å². The van der Waals surface area contributed by atoms with Gasteiger partial charge < -0.3 is 23.7 Å². The highest BCUT2D eigenvalue weighted by molar-refractivity contribution is 6.23. The van der Waals surface area contributed by atoms with E-state index < -0.39 is 5.97 Å². The third-order valence-electron chi connectivity index (χ3n) is 5.21. The standard InChI is InChI=1S/C25H27NO7/c1-7-33-20-10-8-16(13-21(20)30-4)12-18-23(25(28)32-6)15(2)26(24(18)27)17-9-11-19(29-3)22(14-17)31-5/h8-14H,7H2,1-6H3. The van der Waals surface area contributed by atoms with Crippen molar-refractivity contribution in [3.05, 3.63) is 58.8 Å². The molecule has 2 aromatic rings. The molecular formula is C25H27NO7. The second-order valence-corrected chi connectivity index (χ2v) is 7.03. The lowest BCUT2D eigenvalue weighted by Gasteiger charge is -2.19. The monoisotopic (exact) mass is 453 g/mol. The number of carbonyl (C=O) groups excluding carboxylic acids is 2. The lowest BCUT2D eigenvalue weighted by atomic mass is 10.0. The molecular weight excluding hydrogens is 426 g/mol. The van der Waals surface area contributed by atoms with Crippen LogP contribution in [0, 0.1) is 0 Å². The van der Waals surface area contributed by atoms with Gasteiger partial charge in [0.1, 0.15) is 0 Å². The van der Waals surface area contributed by atoms with E-state index in [2.05, 4.69) is 0 Å². The van der Waals surface area contributed by atoms with Crippen LogP contribution >= 0.6 is 0 Å². The number of benzene rings is 2. The minimum absolute atomic E-state index is 0.185. The van der Waals surface area contributed by atoms with E-state index in [1.165, 1.54) is 33.3 Å². The summed E-state index contributed by atoms with van der Waals surface area (Å²) in [5.41, 5.74) is 2.04. The Morgan fingerprint density at radius 2 is 1.55 bits per heavy atom. The summed E-state index contributed by atoms with van der Waals surface area (Å²) < 4.78 is 26.6. The number of amides is 1. The van der Waals surface area contributed by atoms with Crippen LogP contribution in [0.1, 0.15) is 19.4 Å². The molecule has 0 aromatic heterocycles. The fourth-order valence-electron chi connectivity index (χ4n) is 3.67. The third-order valence-corrected chi connectivity index (χ3v) is 5.21. The number of nitrogens with zero attached hydrogens (tertiary/aromatic N) is 1. The average molecular weight is 453 g/mol. The Labute approximate surface area is 192 Å². The van der Waals surface area contributed by atoms with Crippen molar-refractivity contribution in [2.45, 2.75) is 13.8 Å². The zero-order valence-electron chi connectivity index (χ0n) is 19.6. The van der Waals surface area contributed by atoms with Gasteiger partial charge in [0.05, 0.1) is 51.9 Å². The third kappa shape index (κ3) is 4.50. The number of anilines is 1. The van der Waals surface area contributed by atoms with Gasteiger partial charge in [-0.3, -0.25) is 9.69 Å². The molecule has 0 atom stereocenters. The maximum Gasteiger partial charge on any atom is 0.340 e. The molecule has 1 heterocycles. The number of methoxy groups -OCH3 is 4. The summed E-state index contributed by atoms with van der Waals surface area (Å²) >= 11 is 0. The van der Waals surface area contributed by atoms with Crippen LogP contribution in [0.3, 0.4) is 0 Å². The summed E-state index contributed by atoms with van der Waals surface area (Å²) in [7, 11) is 5.87. The van der Waals surface area contributed by atoms with Gasteiger partial charge in [-0.2, -0.15) is 0 Å². The Bertz CT molecular complexity index is 1130. The molecule has 1 amide bonds. The fourth-order valence-corrected chi connectivity index (χ4v) is 3.67. The number of allylic oxidation sites excluding steroid dienone is 1. The summed E-state index contributed by atoms with van der Waals surface area (Å²) in [6.07, 6.45) is 1.64. The van der Waals surface area contributed by atoms with Crippen LogP contribution in [0.4, 0.5) is 5.69 Å². The van der Waals surface area contributed by atoms with Crippen LogP contribution in [0.15, 0.2) is 53.2 Å². The van der Waals surface area contributed by atoms with Crippen LogP contribution in [-0.4, -0.2) is 46.9 Å². The number of hydrogen-bond donors (Lipinski definition) is 0. The van der Waals surface area contributed by atoms with Crippen molar-refractivity contribution in [3.63, 3.8) is 0 Å². The number of hydrogen-bond acceptors (Lipinski definition) is 7. The molecule has 0 aliphatic carbocycles. The molecule has 0 bridgehead atoms. The van der Waals surface area contributed by atoms with Crippen LogP contribution in [0.2, 0.25) is 0 Å². The largest absolute Gasteiger partial charge is 0.493 e. The number of rotatable bonds is 8. The van der Waals surface area contributed by atoms with Crippen molar-refractivity contribution in [3.8, 4) is 23.0 Å². The van der Waals surface area contributed by atoms with Gasteiger partial charge in [0.25, 0.3) is 5.91 Å². The zero-order chi connectivity index (χ0) is 24.1. The Kier molecular flexibility index (Phi) is 7.27. The predicted molar refractivity (Wildman–Crippen MR) is 124 cm³/mol. The topological polar surface area (TPSA) is 83.5 Å². The highest BCUT2D eigenvalue weighted by Gasteiger charge is 2.38. The van der Waals surface area contributed by atoms with Gasteiger partial charge in [-0.25, -0.2) is 4.79 Å². The van der Waals surface area contributed by atoms with Crippen molar-refractivity contribution < 1.29 is 33.3 Å². The van der Waals surface area contributed by atoms with E-state index >= 15 is 0 Å². The van der Waals surface area contributed by atoms with E-state index in [4.69, 9.17) is 23.7 Å². The first-order valence-electron chi connectivity index (χ1n) is 10.3. The van der Waals surface area contributed by atoms with E-state index in [1.54, 1.807) is 49.4 Å². The summed E-state index contributed by atoms with van der Waals surface area (Å²) in [4.78, 5) is 27.6. The molecule has 33 heavy (non-hydrogen) atoms. The first-order chi connectivity index (χ1) is 15.9. The molecule has 1 aliphatic rings. The van der Waals surface area contributed by atoms with Crippen molar-refractivity contribution in [2.24, 2.45) is 0 Å². The Balaban J connectivity index is 2.11. The molecule has 1 aliphatic heterocycles. The van der Waals surface area contributed by atoms with Gasteiger partial charge in [-0.1, -0.05) is 6.07 Å². The van der Waals surface area contributed by atoms with E-state index in [0.717, 1.165) is 0 Å². The first kappa shape index (κ1) is 23.7. The summed E-state index contributed by atoms with van der Waals surface area (Å²) in [6, 6.07) is 10.4. The molecule has 0 unspecified atom stereocenters. The number of ether oxygens (including phenoxy) is 5. The summed E-state index contributed by atoms with van der Waals surface area (Å²) in [5.74, 6) is 1.13. The number of esters is 1. The van der Waals surface area contributed by atoms with E-state index in [9.17, 15) is 9.59 Å². The highest BCUT2D eigenvalue weighted by atomic mass is 16.5. The van der Waals surface area contributed by atoms with Crippen LogP contribution in [0.5, 0.6) is 23.0 Å². The van der Waals surface area contributed by atoms with Crippen LogP contribution < -0.4 is 23.8 Å². The molecule has 0 saturated carbocycles. The maximum absolute atomic E-state index is 13.5. The van der Waals surface area contributed by atoms with Gasteiger partial charge in [0, 0.05) is 11.8 Å². The molecule has 0 spiro atoms. The van der Waals surface area contributed by atoms with Crippen molar-refractivity contribution in [2.75, 3.05) is 39.9 Å². The first-order valence-corrected chi connectivity index (χ1v) is 10.3. The molecule has 0 fully saturated rings.